The lowest BCUT2D eigenvalue weighted by atomic mass is 10.1. The van der Waals surface area contributed by atoms with Crippen molar-refractivity contribution in [2.24, 2.45) is 0 Å². The first-order chi connectivity index (χ1) is 9.47. The summed E-state index contributed by atoms with van der Waals surface area (Å²) in [6, 6.07) is 2.16. The van der Waals surface area contributed by atoms with Crippen LogP contribution in [0.4, 0.5) is 10.3 Å². The number of nitrogens with one attached hydrogen (secondary N) is 1. The maximum absolute atomic E-state index is 13.5. The van der Waals surface area contributed by atoms with Crippen LogP contribution in [-0.2, 0) is 9.59 Å². The summed E-state index contributed by atoms with van der Waals surface area (Å²) < 4.78 is 15.3. The average Bonchev–Trinajstić information content (AvgIpc) is 2.66. The molecule has 3 rings (SSSR count). The van der Waals surface area contributed by atoms with Gasteiger partial charge in [-0.25, -0.2) is 9.37 Å². The minimum absolute atomic E-state index is 0.118. The molecule has 8 heteroatoms. The van der Waals surface area contributed by atoms with E-state index in [2.05, 4.69) is 26.2 Å². The summed E-state index contributed by atoms with van der Waals surface area (Å²) >= 11 is 3.10. The van der Waals surface area contributed by atoms with Crippen LogP contribution in [0.25, 0.3) is 11.0 Å². The Morgan fingerprint density at radius 1 is 1.45 bits per heavy atom. The van der Waals surface area contributed by atoms with Crippen molar-refractivity contribution in [3.05, 3.63) is 22.4 Å². The molecule has 1 aromatic heterocycles. The van der Waals surface area contributed by atoms with E-state index in [1.54, 1.807) is 0 Å². The molecule has 1 aliphatic rings. The van der Waals surface area contributed by atoms with Gasteiger partial charge in [0.05, 0.1) is 15.5 Å². The molecule has 2 aromatic rings. The maximum atomic E-state index is 13.5. The van der Waals surface area contributed by atoms with E-state index in [9.17, 15) is 14.0 Å². The second-order valence-electron chi connectivity index (χ2n) is 4.56. The number of anilines is 1. The van der Waals surface area contributed by atoms with Gasteiger partial charge in [0.1, 0.15) is 11.9 Å². The molecule has 1 aromatic carbocycles. The molecule has 0 spiro atoms. The molecule has 2 amide bonds. The Bertz CT molecular complexity index is 743. The average molecular weight is 341 g/mol. The minimum atomic E-state index is -0.616. The highest BCUT2D eigenvalue weighted by atomic mass is 79.9. The summed E-state index contributed by atoms with van der Waals surface area (Å²) in [4.78, 5) is 27.2. The van der Waals surface area contributed by atoms with E-state index in [1.807, 2.05) is 0 Å². The number of nitrogen functional groups attached to an aromatic ring is 1. The quantitative estimate of drug-likeness (QED) is 0.769. The van der Waals surface area contributed by atoms with E-state index < -0.39 is 17.8 Å². The number of aromatic nitrogens is 2. The number of carbonyl (C=O) groups is 2. The fourth-order valence-electron chi connectivity index (χ4n) is 2.37. The van der Waals surface area contributed by atoms with E-state index in [0.29, 0.717) is 17.5 Å². The normalized spacial score (nSPS) is 19.4. The summed E-state index contributed by atoms with van der Waals surface area (Å²) in [5, 5.41) is 2.27. The third-order valence-electron chi connectivity index (χ3n) is 3.28. The van der Waals surface area contributed by atoms with Crippen LogP contribution in [0.1, 0.15) is 18.9 Å². The molecule has 104 valence electrons. The van der Waals surface area contributed by atoms with E-state index >= 15 is 0 Å². The van der Waals surface area contributed by atoms with E-state index in [4.69, 9.17) is 5.73 Å². The van der Waals surface area contributed by atoms with Gasteiger partial charge in [0, 0.05) is 12.5 Å². The second kappa shape index (κ2) is 4.55. The molecular weight excluding hydrogens is 331 g/mol. The van der Waals surface area contributed by atoms with Crippen LogP contribution in [0, 0.1) is 5.82 Å². The van der Waals surface area contributed by atoms with Crippen LogP contribution in [-0.4, -0.2) is 21.4 Å². The van der Waals surface area contributed by atoms with Crippen LogP contribution in [0.5, 0.6) is 0 Å². The van der Waals surface area contributed by atoms with Crippen LogP contribution in [0.15, 0.2) is 16.6 Å². The van der Waals surface area contributed by atoms with Crippen molar-refractivity contribution in [2.75, 3.05) is 5.73 Å². The number of imidazole rings is 1. The standard InChI is InChI=1S/C12H10BrFN4O2/c13-5-3-9-7(4-6(5)14)16-12(15)18(9)8-1-2-10(19)17-11(8)20/h3-4,8H,1-2H2,(H2,15,16)(H,17,19,20). The summed E-state index contributed by atoms with van der Waals surface area (Å²) in [5.41, 5.74) is 6.75. The van der Waals surface area contributed by atoms with E-state index in [1.165, 1.54) is 16.7 Å². The fraction of sp³-hybridized carbons (Fsp3) is 0.250. The third-order valence-corrected chi connectivity index (χ3v) is 3.89. The van der Waals surface area contributed by atoms with Gasteiger partial charge >= 0.3 is 0 Å². The lowest BCUT2D eigenvalue weighted by Gasteiger charge is -2.23. The number of halogens is 2. The Labute approximate surface area is 121 Å². The number of benzene rings is 1. The topological polar surface area (TPSA) is 90.0 Å². The molecule has 3 N–H and O–H groups in total. The summed E-state index contributed by atoms with van der Waals surface area (Å²) in [6.45, 7) is 0. The summed E-state index contributed by atoms with van der Waals surface area (Å²) in [7, 11) is 0. The molecular formula is C12H10BrFN4O2. The van der Waals surface area contributed by atoms with Gasteiger partial charge in [-0.3, -0.25) is 19.5 Å². The maximum Gasteiger partial charge on any atom is 0.249 e. The van der Waals surface area contributed by atoms with Gasteiger partial charge in [0.2, 0.25) is 17.8 Å². The smallest absolute Gasteiger partial charge is 0.249 e. The molecule has 0 aliphatic carbocycles. The molecule has 2 heterocycles. The monoisotopic (exact) mass is 340 g/mol. The summed E-state index contributed by atoms with van der Waals surface area (Å²) in [5.74, 6) is -1.06. The number of nitrogens with two attached hydrogens (primary N) is 1. The molecule has 1 fully saturated rings. The number of hydrogen-bond donors (Lipinski definition) is 2. The zero-order valence-electron chi connectivity index (χ0n) is 10.2. The van der Waals surface area contributed by atoms with Crippen molar-refractivity contribution in [1.82, 2.24) is 14.9 Å². The van der Waals surface area contributed by atoms with Gasteiger partial charge in [0.15, 0.2) is 0 Å². The van der Waals surface area contributed by atoms with Gasteiger partial charge in [0.25, 0.3) is 0 Å². The molecule has 1 atom stereocenters. The van der Waals surface area contributed by atoms with Crippen molar-refractivity contribution < 1.29 is 14.0 Å². The van der Waals surface area contributed by atoms with Crippen molar-refractivity contribution in [2.45, 2.75) is 18.9 Å². The van der Waals surface area contributed by atoms with Crippen molar-refractivity contribution >= 4 is 44.7 Å². The fourth-order valence-corrected chi connectivity index (χ4v) is 2.70. The van der Waals surface area contributed by atoms with Crippen LogP contribution >= 0.6 is 15.9 Å². The second-order valence-corrected chi connectivity index (χ2v) is 5.42. The Morgan fingerprint density at radius 3 is 2.90 bits per heavy atom. The van der Waals surface area contributed by atoms with E-state index in [0.717, 1.165) is 0 Å². The van der Waals surface area contributed by atoms with Crippen molar-refractivity contribution in [3.8, 4) is 0 Å². The van der Waals surface area contributed by atoms with Crippen LogP contribution in [0.3, 0.4) is 0 Å². The molecule has 20 heavy (non-hydrogen) atoms. The van der Waals surface area contributed by atoms with Crippen molar-refractivity contribution in [3.63, 3.8) is 0 Å². The largest absolute Gasteiger partial charge is 0.369 e. The zero-order valence-corrected chi connectivity index (χ0v) is 11.8. The Balaban J connectivity index is 2.16. The van der Waals surface area contributed by atoms with Crippen LogP contribution in [0.2, 0.25) is 0 Å². The predicted octanol–water partition coefficient (Wildman–Crippen LogP) is 1.50. The number of fused-ring (bicyclic) bond motifs is 1. The molecule has 1 unspecified atom stereocenters. The Hall–Kier alpha value is -1.96. The van der Waals surface area contributed by atoms with Gasteiger partial charge < -0.3 is 5.73 Å². The van der Waals surface area contributed by atoms with Crippen LogP contribution < -0.4 is 11.1 Å². The van der Waals surface area contributed by atoms with Gasteiger partial charge in [-0.1, -0.05) is 0 Å². The number of imide groups is 1. The minimum Gasteiger partial charge on any atom is -0.369 e. The molecule has 0 saturated carbocycles. The number of piperidine rings is 1. The highest BCUT2D eigenvalue weighted by Crippen LogP contribution is 2.30. The lowest BCUT2D eigenvalue weighted by Crippen LogP contribution is -2.41. The summed E-state index contributed by atoms with van der Waals surface area (Å²) in [6.07, 6.45) is 0.577. The Kier molecular flexibility index (Phi) is 2.97. The number of rotatable bonds is 1. The highest BCUT2D eigenvalue weighted by Gasteiger charge is 2.30. The van der Waals surface area contributed by atoms with Gasteiger partial charge in [-0.15, -0.1) is 0 Å². The number of amides is 2. The lowest BCUT2D eigenvalue weighted by molar-refractivity contribution is -0.135. The molecule has 1 saturated heterocycles. The SMILES string of the molecule is Nc1nc2cc(F)c(Br)cc2n1C1CCC(=O)NC1=O. The molecule has 1 aliphatic heterocycles. The molecule has 6 nitrogen and oxygen atoms in total. The number of nitrogens with zero attached hydrogens (tertiary/aromatic N) is 2. The van der Waals surface area contributed by atoms with Gasteiger partial charge in [-0.05, 0) is 28.4 Å². The first-order valence-corrected chi connectivity index (χ1v) is 6.73. The molecule has 0 bridgehead atoms. The first-order valence-electron chi connectivity index (χ1n) is 5.93. The zero-order chi connectivity index (χ0) is 14.4. The predicted molar refractivity (Wildman–Crippen MR) is 73.2 cm³/mol. The third kappa shape index (κ3) is 1.96. The number of carbonyl (C=O) groups excluding carboxylic acids is 2. The first kappa shape index (κ1) is 13.0. The molecule has 0 radical (unpaired) electrons. The van der Waals surface area contributed by atoms with Crippen molar-refractivity contribution in [1.29, 1.82) is 0 Å². The Morgan fingerprint density at radius 2 is 2.20 bits per heavy atom. The number of hydrogen-bond acceptors (Lipinski definition) is 4. The van der Waals surface area contributed by atoms with E-state index in [-0.39, 0.29) is 22.7 Å². The highest BCUT2D eigenvalue weighted by molar-refractivity contribution is 9.10. The van der Waals surface area contributed by atoms with Gasteiger partial charge in [-0.2, -0.15) is 0 Å².